The molecular weight excluding hydrogens is 470 g/mol. The Hall–Kier alpha value is -3.83. The molecule has 0 bridgehead atoms. The third kappa shape index (κ3) is 4.10. The molecule has 180 valence electrons. The van der Waals surface area contributed by atoms with Crippen molar-refractivity contribution in [2.24, 2.45) is 0 Å². The van der Waals surface area contributed by atoms with E-state index in [2.05, 4.69) is 5.32 Å². The van der Waals surface area contributed by atoms with Gasteiger partial charge in [-0.2, -0.15) is 5.10 Å². The molecule has 4 aromatic rings. The van der Waals surface area contributed by atoms with Crippen molar-refractivity contribution >= 4 is 23.2 Å². The van der Waals surface area contributed by atoms with Gasteiger partial charge in [0.2, 0.25) is 0 Å². The second-order valence-corrected chi connectivity index (χ2v) is 9.74. The molecule has 1 aliphatic carbocycles. The number of halogens is 1. The molecule has 0 amide bonds. The fraction of sp³-hybridized carbons (Fsp3) is 0.200. The number of benzene rings is 3. The van der Waals surface area contributed by atoms with Crippen LogP contribution < -0.4 is 10.1 Å². The second-order valence-electron chi connectivity index (χ2n) is 9.30. The maximum absolute atomic E-state index is 13.2. The minimum atomic E-state index is -0.285. The fourth-order valence-corrected chi connectivity index (χ4v) is 5.31. The van der Waals surface area contributed by atoms with Gasteiger partial charge in [0.25, 0.3) is 0 Å². The lowest BCUT2D eigenvalue weighted by atomic mass is 9.85. The average Bonchev–Trinajstić information content (AvgIpc) is 3.23. The number of aryl methyl sites for hydroxylation is 1. The zero-order valence-corrected chi connectivity index (χ0v) is 20.8. The Kier molecular flexibility index (Phi) is 5.86. The molecule has 36 heavy (non-hydrogen) atoms. The molecule has 0 spiro atoms. The Labute approximate surface area is 215 Å². The van der Waals surface area contributed by atoms with Crippen LogP contribution in [0.5, 0.6) is 5.75 Å². The van der Waals surface area contributed by atoms with E-state index in [1.165, 1.54) is 0 Å². The number of nitrogens with one attached hydrogen (secondary N) is 1. The van der Waals surface area contributed by atoms with Crippen LogP contribution in [0.4, 0.5) is 5.82 Å². The fourth-order valence-electron chi connectivity index (χ4n) is 5.19. The Bertz CT molecular complexity index is 1450. The van der Waals surface area contributed by atoms with Crippen molar-refractivity contribution in [1.82, 2.24) is 9.78 Å². The number of rotatable bonds is 5. The molecule has 6 heteroatoms. The van der Waals surface area contributed by atoms with E-state index in [1.54, 1.807) is 0 Å². The zero-order valence-electron chi connectivity index (χ0n) is 20.0. The Morgan fingerprint density at radius 2 is 1.75 bits per heavy atom. The smallest absolute Gasteiger partial charge is 0.163 e. The predicted molar refractivity (Wildman–Crippen MR) is 142 cm³/mol. The quantitative estimate of drug-likeness (QED) is 0.320. The summed E-state index contributed by atoms with van der Waals surface area (Å²) in [6, 6.07) is 25.7. The molecule has 0 saturated carbocycles. The van der Waals surface area contributed by atoms with Gasteiger partial charge in [-0.1, -0.05) is 66.2 Å². The molecule has 0 radical (unpaired) electrons. The third-order valence-electron chi connectivity index (χ3n) is 6.91. The molecule has 2 aliphatic rings. The molecule has 1 aliphatic heterocycles. The monoisotopic (exact) mass is 495 g/mol. The molecule has 5 nitrogen and oxygen atoms in total. The van der Waals surface area contributed by atoms with E-state index >= 15 is 0 Å². The topological polar surface area (TPSA) is 56.2 Å². The van der Waals surface area contributed by atoms with Gasteiger partial charge in [0.1, 0.15) is 24.2 Å². The number of carbonyl (C=O) groups is 1. The minimum Gasteiger partial charge on any atom is -0.489 e. The first-order valence-electron chi connectivity index (χ1n) is 12.2. The number of anilines is 1. The maximum Gasteiger partial charge on any atom is 0.163 e. The minimum absolute atomic E-state index is 0.185. The lowest BCUT2D eigenvalue weighted by molar-refractivity contribution is -0.116. The molecule has 1 N–H and O–H groups in total. The first-order valence-corrected chi connectivity index (χ1v) is 12.6. The first kappa shape index (κ1) is 22.6. The van der Waals surface area contributed by atoms with Crippen LogP contribution in [0.1, 0.15) is 42.1 Å². The van der Waals surface area contributed by atoms with E-state index in [0.29, 0.717) is 18.1 Å². The van der Waals surface area contributed by atoms with Crippen molar-refractivity contribution in [2.75, 3.05) is 5.32 Å². The number of hydrogen-bond donors (Lipinski definition) is 1. The highest BCUT2D eigenvalue weighted by atomic mass is 35.5. The SMILES string of the molecule is Cc1nn2c(c1-c1ccc(Cl)cc1)NC1=C(C(=O)CCC1)[C@H]2c1ccc(OCc2ccccc2)cc1. The second kappa shape index (κ2) is 9.32. The Morgan fingerprint density at radius 3 is 2.50 bits per heavy atom. The molecule has 2 heterocycles. The number of Topliss-reactive ketones (excluding diaryl/α,β-unsaturated/α-hetero) is 1. The first-order chi connectivity index (χ1) is 17.6. The van der Waals surface area contributed by atoms with E-state index in [0.717, 1.165) is 63.6 Å². The van der Waals surface area contributed by atoms with Crippen molar-refractivity contribution in [3.63, 3.8) is 0 Å². The number of fused-ring (bicyclic) bond motifs is 1. The van der Waals surface area contributed by atoms with Crippen LogP contribution in [0.15, 0.2) is 90.1 Å². The number of ether oxygens (including phenoxy) is 1. The molecule has 1 atom stereocenters. The van der Waals surface area contributed by atoms with Crippen LogP contribution in [-0.4, -0.2) is 15.6 Å². The lowest BCUT2D eigenvalue weighted by Crippen LogP contribution is -2.31. The van der Waals surface area contributed by atoms with Crippen LogP contribution in [0.3, 0.4) is 0 Å². The molecule has 3 aromatic carbocycles. The van der Waals surface area contributed by atoms with Gasteiger partial charge < -0.3 is 10.1 Å². The summed E-state index contributed by atoms with van der Waals surface area (Å²) in [6.07, 6.45) is 2.27. The summed E-state index contributed by atoms with van der Waals surface area (Å²) < 4.78 is 7.97. The molecule has 0 saturated heterocycles. The molecule has 1 aromatic heterocycles. The number of aromatic nitrogens is 2. The zero-order chi connectivity index (χ0) is 24.6. The lowest BCUT2D eigenvalue weighted by Gasteiger charge is -2.33. The van der Waals surface area contributed by atoms with Crippen molar-refractivity contribution in [1.29, 1.82) is 0 Å². The number of allylic oxidation sites excluding steroid dienone is 2. The van der Waals surface area contributed by atoms with Crippen molar-refractivity contribution in [3.05, 3.63) is 112 Å². The van der Waals surface area contributed by atoms with Crippen LogP contribution in [0, 0.1) is 6.92 Å². The summed E-state index contributed by atoms with van der Waals surface area (Å²) in [4.78, 5) is 13.2. The average molecular weight is 496 g/mol. The van der Waals surface area contributed by atoms with Crippen LogP contribution in [0.2, 0.25) is 5.02 Å². The van der Waals surface area contributed by atoms with Gasteiger partial charge in [0.05, 0.1) is 5.69 Å². The van der Waals surface area contributed by atoms with E-state index < -0.39 is 0 Å². The van der Waals surface area contributed by atoms with E-state index in [1.807, 2.05) is 90.5 Å². The van der Waals surface area contributed by atoms with E-state index in [-0.39, 0.29) is 11.8 Å². The summed E-state index contributed by atoms with van der Waals surface area (Å²) >= 11 is 6.14. The van der Waals surface area contributed by atoms with Crippen LogP contribution >= 0.6 is 11.6 Å². The summed E-state index contributed by atoms with van der Waals surface area (Å²) in [5, 5.41) is 9.21. The largest absolute Gasteiger partial charge is 0.489 e. The third-order valence-corrected chi connectivity index (χ3v) is 7.16. The van der Waals surface area contributed by atoms with Crippen molar-refractivity contribution in [3.8, 4) is 16.9 Å². The number of carbonyl (C=O) groups excluding carboxylic acids is 1. The normalized spacial score (nSPS) is 16.8. The van der Waals surface area contributed by atoms with Crippen molar-refractivity contribution < 1.29 is 9.53 Å². The molecule has 0 fully saturated rings. The number of nitrogens with zero attached hydrogens (tertiary/aromatic N) is 2. The van der Waals surface area contributed by atoms with Gasteiger partial charge in [-0.05, 0) is 60.7 Å². The predicted octanol–water partition coefficient (Wildman–Crippen LogP) is 7.11. The number of ketones is 1. The summed E-state index contributed by atoms with van der Waals surface area (Å²) in [5.41, 5.74) is 6.93. The van der Waals surface area contributed by atoms with Crippen molar-refractivity contribution in [2.45, 2.75) is 38.8 Å². The van der Waals surface area contributed by atoms with E-state index in [4.69, 9.17) is 21.4 Å². The van der Waals surface area contributed by atoms with Gasteiger partial charge in [-0.15, -0.1) is 0 Å². The van der Waals surface area contributed by atoms with Crippen LogP contribution in [-0.2, 0) is 11.4 Å². The Morgan fingerprint density at radius 1 is 1.00 bits per heavy atom. The van der Waals surface area contributed by atoms with Gasteiger partial charge in [-0.3, -0.25) is 4.79 Å². The summed E-state index contributed by atoms with van der Waals surface area (Å²) in [5.74, 6) is 1.89. The molecular formula is C30H26ClN3O2. The van der Waals surface area contributed by atoms with Crippen LogP contribution in [0.25, 0.3) is 11.1 Å². The highest BCUT2D eigenvalue weighted by molar-refractivity contribution is 6.30. The van der Waals surface area contributed by atoms with Gasteiger partial charge in [0.15, 0.2) is 5.78 Å². The highest BCUT2D eigenvalue weighted by Gasteiger charge is 2.37. The van der Waals surface area contributed by atoms with Gasteiger partial charge in [-0.25, -0.2) is 4.68 Å². The maximum atomic E-state index is 13.2. The summed E-state index contributed by atoms with van der Waals surface area (Å²) in [6.45, 7) is 2.52. The molecule has 0 unspecified atom stereocenters. The highest BCUT2D eigenvalue weighted by Crippen LogP contribution is 2.45. The van der Waals surface area contributed by atoms with Gasteiger partial charge >= 0.3 is 0 Å². The molecule has 6 rings (SSSR count). The Balaban J connectivity index is 1.39. The van der Waals surface area contributed by atoms with E-state index in [9.17, 15) is 4.79 Å². The summed E-state index contributed by atoms with van der Waals surface area (Å²) in [7, 11) is 0. The number of hydrogen-bond acceptors (Lipinski definition) is 4. The standard InChI is InChI=1S/C30H26ClN3O2/c1-19-27(21-10-14-23(31)15-11-21)30-32-25-8-5-9-26(35)28(25)29(34(30)33-19)22-12-16-24(17-13-22)36-18-20-6-3-2-4-7-20/h2-4,6-7,10-17,29,32H,5,8-9,18H2,1H3/t29-/m1/s1. The van der Waals surface area contributed by atoms with Gasteiger partial charge in [0, 0.05) is 28.3 Å².